The average Bonchev–Trinajstić information content (AvgIpc) is 2.33. The fourth-order valence-corrected chi connectivity index (χ4v) is 3.33. The Balaban J connectivity index is 2.38. The smallest absolute Gasteiger partial charge is 0.149 e. The zero-order chi connectivity index (χ0) is 13.3. The van der Waals surface area contributed by atoms with Gasteiger partial charge in [0.05, 0.1) is 6.61 Å². The molecule has 1 saturated heterocycles. The van der Waals surface area contributed by atoms with Crippen LogP contribution in [-0.2, 0) is 6.61 Å². The molecule has 100 valence electrons. The first-order valence-electron chi connectivity index (χ1n) is 6.01. The molecule has 0 aromatic heterocycles. The van der Waals surface area contributed by atoms with Crippen LogP contribution in [0.5, 0.6) is 0 Å². The van der Waals surface area contributed by atoms with Crippen LogP contribution in [0.3, 0.4) is 0 Å². The minimum atomic E-state index is -0.593. The highest BCUT2D eigenvalue weighted by molar-refractivity contribution is 8.00. The molecule has 2 nitrogen and oxygen atoms in total. The fourth-order valence-electron chi connectivity index (χ4n) is 2.23. The lowest BCUT2D eigenvalue weighted by molar-refractivity contribution is 0.280. The number of halogens is 2. The summed E-state index contributed by atoms with van der Waals surface area (Å²) in [6.45, 7) is 4.34. The first-order chi connectivity index (χ1) is 8.54. The maximum absolute atomic E-state index is 14.0. The largest absolute Gasteiger partial charge is 0.392 e. The van der Waals surface area contributed by atoms with Crippen molar-refractivity contribution in [2.45, 2.75) is 31.7 Å². The molecule has 0 aliphatic carbocycles. The number of anilines is 1. The summed E-state index contributed by atoms with van der Waals surface area (Å²) in [7, 11) is 0. The molecule has 0 amide bonds. The van der Waals surface area contributed by atoms with E-state index in [2.05, 4.69) is 6.92 Å². The number of aliphatic hydroxyl groups is 1. The molecule has 1 fully saturated rings. The summed E-state index contributed by atoms with van der Waals surface area (Å²) < 4.78 is 28.0. The highest BCUT2D eigenvalue weighted by atomic mass is 32.2. The Hall–Kier alpha value is -0.810. The van der Waals surface area contributed by atoms with Gasteiger partial charge in [0.25, 0.3) is 0 Å². The van der Waals surface area contributed by atoms with E-state index in [-0.39, 0.29) is 23.9 Å². The van der Waals surface area contributed by atoms with Gasteiger partial charge in [-0.1, -0.05) is 6.92 Å². The van der Waals surface area contributed by atoms with Crippen LogP contribution in [-0.4, -0.2) is 28.7 Å². The molecule has 1 aliphatic rings. The van der Waals surface area contributed by atoms with E-state index < -0.39 is 11.6 Å². The molecule has 2 unspecified atom stereocenters. The van der Waals surface area contributed by atoms with Crippen LogP contribution in [0, 0.1) is 11.6 Å². The predicted octanol–water partition coefficient (Wildman–Crippen LogP) is 2.79. The van der Waals surface area contributed by atoms with Crippen LogP contribution in [0.25, 0.3) is 0 Å². The van der Waals surface area contributed by atoms with E-state index in [1.54, 1.807) is 4.90 Å². The zero-order valence-electron chi connectivity index (χ0n) is 10.5. The van der Waals surface area contributed by atoms with Crippen LogP contribution in [0.4, 0.5) is 14.5 Å². The van der Waals surface area contributed by atoms with Gasteiger partial charge in [-0.15, -0.1) is 0 Å². The van der Waals surface area contributed by atoms with Gasteiger partial charge in [0.1, 0.15) is 17.3 Å². The van der Waals surface area contributed by atoms with E-state index in [9.17, 15) is 8.78 Å². The average molecular weight is 273 g/mol. The Morgan fingerprint density at radius 1 is 1.33 bits per heavy atom. The Morgan fingerprint density at radius 3 is 2.50 bits per heavy atom. The monoisotopic (exact) mass is 273 g/mol. The van der Waals surface area contributed by atoms with E-state index in [0.29, 0.717) is 11.8 Å². The summed E-state index contributed by atoms with van der Waals surface area (Å²) in [5.74, 6) is -0.318. The minimum absolute atomic E-state index is 0.0341. The fraction of sp³-hybridized carbons (Fsp3) is 0.538. The molecule has 0 radical (unpaired) electrons. The quantitative estimate of drug-likeness (QED) is 0.896. The first kappa shape index (κ1) is 13.6. The molecule has 2 atom stereocenters. The SMILES string of the molecule is CC1SCCN(c2c(F)cc(CO)cc2F)C1C. The molecular formula is C13H17F2NOS. The third-order valence-electron chi connectivity index (χ3n) is 3.43. The van der Waals surface area contributed by atoms with Crippen molar-refractivity contribution in [3.05, 3.63) is 29.3 Å². The van der Waals surface area contributed by atoms with Crippen molar-refractivity contribution in [1.29, 1.82) is 0 Å². The third-order valence-corrected chi connectivity index (χ3v) is 4.77. The zero-order valence-corrected chi connectivity index (χ0v) is 11.3. The van der Waals surface area contributed by atoms with E-state index in [1.165, 1.54) is 12.1 Å². The summed E-state index contributed by atoms with van der Waals surface area (Å²) in [5, 5.41) is 9.27. The van der Waals surface area contributed by atoms with Gasteiger partial charge in [-0.05, 0) is 24.6 Å². The predicted molar refractivity (Wildman–Crippen MR) is 71.0 cm³/mol. The van der Waals surface area contributed by atoms with Gasteiger partial charge in [0.2, 0.25) is 0 Å². The van der Waals surface area contributed by atoms with Crippen LogP contribution in [0.15, 0.2) is 12.1 Å². The lowest BCUT2D eigenvalue weighted by Gasteiger charge is -2.39. The van der Waals surface area contributed by atoms with Gasteiger partial charge >= 0.3 is 0 Å². The molecular weight excluding hydrogens is 256 g/mol. The highest BCUT2D eigenvalue weighted by Crippen LogP contribution is 2.33. The lowest BCUT2D eigenvalue weighted by Crippen LogP contribution is -2.45. The Bertz CT molecular complexity index is 418. The molecule has 1 aromatic carbocycles. The first-order valence-corrected chi connectivity index (χ1v) is 7.06. The number of benzene rings is 1. The number of aliphatic hydroxyl groups excluding tert-OH is 1. The Kier molecular flexibility index (Phi) is 4.12. The van der Waals surface area contributed by atoms with Crippen molar-refractivity contribution in [3.8, 4) is 0 Å². The number of nitrogens with zero attached hydrogens (tertiary/aromatic N) is 1. The number of hydrogen-bond acceptors (Lipinski definition) is 3. The van der Waals surface area contributed by atoms with Crippen molar-refractivity contribution in [3.63, 3.8) is 0 Å². The number of hydrogen-bond donors (Lipinski definition) is 1. The molecule has 5 heteroatoms. The van der Waals surface area contributed by atoms with Crippen molar-refractivity contribution in [2.24, 2.45) is 0 Å². The highest BCUT2D eigenvalue weighted by Gasteiger charge is 2.29. The lowest BCUT2D eigenvalue weighted by atomic mass is 10.1. The second kappa shape index (κ2) is 5.45. The Labute approximate surface area is 110 Å². The van der Waals surface area contributed by atoms with Crippen LogP contribution in [0.1, 0.15) is 19.4 Å². The van der Waals surface area contributed by atoms with Crippen molar-refractivity contribution < 1.29 is 13.9 Å². The van der Waals surface area contributed by atoms with Gasteiger partial charge in [0, 0.05) is 23.6 Å². The molecule has 0 spiro atoms. The van der Waals surface area contributed by atoms with Gasteiger partial charge < -0.3 is 10.0 Å². The van der Waals surface area contributed by atoms with E-state index in [4.69, 9.17) is 5.11 Å². The van der Waals surface area contributed by atoms with Crippen LogP contribution >= 0.6 is 11.8 Å². The van der Waals surface area contributed by atoms with E-state index >= 15 is 0 Å². The third kappa shape index (κ3) is 2.47. The minimum Gasteiger partial charge on any atom is -0.392 e. The Morgan fingerprint density at radius 2 is 1.94 bits per heavy atom. The number of thioether (sulfide) groups is 1. The number of rotatable bonds is 2. The van der Waals surface area contributed by atoms with E-state index in [1.807, 2.05) is 18.7 Å². The molecule has 1 aromatic rings. The van der Waals surface area contributed by atoms with Crippen molar-refractivity contribution in [1.82, 2.24) is 0 Å². The molecule has 1 heterocycles. The molecule has 0 saturated carbocycles. The van der Waals surface area contributed by atoms with Gasteiger partial charge in [-0.2, -0.15) is 11.8 Å². The van der Waals surface area contributed by atoms with Gasteiger partial charge in [-0.3, -0.25) is 0 Å². The summed E-state index contributed by atoms with van der Waals surface area (Å²) in [4.78, 5) is 1.78. The van der Waals surface area contributed by atoms with Crippen molar-refractivity contribution in [2.75, 3.05) is 17.2 Å². The van der Waals surface area contributed by atoms with Gasteiger partial charge in [-0.25, -0.2) is 8.78 Å². The summed E-state index contributed by atoms with van der Waals surface area (Å²) in [6, 6.07) is 2.50. The molecule has 1 aliphatic heterocycles. The molecule has 18 heavy (non-hydrogen) atoms. The summed E-state index contributed by atoms with van der Waals surface area (Å²) in [6.07, 6.45) is 0. The maximum atomic E-state index is 14.0. The normalized spacial score (nSPS) is 24.4. The molecule has 2 rings (SSSR count). The molecule has 1 N–H and O–H groups in total. The maximum Gasteiger partial charge on any atom is 0.149 e. The van der Waals surface area contributed by atoms with Crippen molar-refractivity contribution >= 4 is 17.4 Å². The second-order valence-corrected chi connectivity index (χ2v) is 6.06. The van der Waals surface area contributed by atoms with E-state index in [0.717, 1.165) is 5.75 Å². The topological polar surface area (TPSA) is 23.5 Å². The van der Waals surface area contributed by atoms with Crippen LogP contribution < -0.4 is 4.90 Å². The van der Waals surface area contributed by atoms with Gasteiger partial charge in [0.15, 0.2) is 0 Å². The molecule has 0 bridgehead atoms. The second-order valence-electron chi connectivity index (χ2n) is 4.58. The summed E-state index contributed by atoms with van der Waals surface area (Å²) >= 11 is 1.82. The summed E-state index contributed by atoms with van der Waals surface area (Å²) in [5.41, 5.74) is 0.299. The standard InChI is InChI=1S/C13H17F2NOS/c1-8-9(2)18-4-3-16(8)13-11(14)5-10(7-17)6-12(13)15/h5-6,8-9,17H,3-4,7H2,1-2H3. The van der Waals surface area contributed by atoms with Crippen LogP contribution in [0.2, 0.25) is 0 Å².